The first-order valence-corrected chi connectivity index (χ1v) is 8.39. The summed E-state index contributed by atoms with van der Waals surface area (Å²) in [6.45, 7) is 13.5. The van der Waals surface area contributed by atoms with Crippen LogP contribution < -0.4 is 5.32 Å². The molecule has 5 nitrogen and oxygen atoms in total. The van der Waals surface area contributed by atoms with Crippen molar-refractivity contribution in [1.82, 2.24) is 5.32 Å². The Morgan fingerprint density at radius 1 is 1.52 bits per heavy atom. The normalized spacial score (nSPS) is 24.1. The van der Waals surface area contributed by atoms with Crippen molar-refractivity contribution in [2.45, 2.75) is 71.6 Å². The van der Waals surface area contributed by atoms with E-state index in [9.17, 15) is 9.59 Å². The van der Waals surface area contributed by atoms with E-state index in [2.05, 4.69) is 18.8 Å². The van der Waals surface area contributed by atoms with E-state index in [1.165, 1.54) is 0 Å². The Bertz CT molecular complexity index is 427. The molecule has 132 valence electrons. The molecule has 1 saturated heterocycles. The summed E-state index contributed by atoms with van der Waals surface area (Å²) in [5.74, 6) is 0.286. The van der Waals surface area contributed by atoms with Crippen LogP contribution in [-0.4, -0.2) is 36.2 Å². The second kappa shape index (κ2) is 8.48. The third kappa shape index (κ3) is 6.73. The number of nitrogens with one attached hydrogen (secondary N) is 1. The van der Waals surface area contributed by atoms with Crippen molar-refractivity contribution in [2.24, 2.45) is 11.8 Å². The number of ether oxygens (including phenoxy) is 2. The topological polar surface area (TPSA) is 64.6 Å². The molecule has 0 aromatic rings. The number of carbonyl (C=O) groups excluding carboxylic acids is 2. The van der Waals surface area contributed by atoms with E-state index >= 15 is 0 Å². The highest BCUT2D eigenvalue weighted by molar-refractivity contribution is 5.88. The molecular formula is C18H31NO4. The maximum Gasteiger partial charge on any atom is 0.407 e. The van der Waals surface area contributed by atoms with Crippen LogP contribution in [0.1, 0.15) is 53.9 Å². The van der Waals surface area contributed by atoms with E-state index in [0.717, 1.165) is 12.8 Å². The van der Waals surface area contributed by atoms with Gasteiger partial charge in [0.25, 0.3) is 0 Å². The van der Waals surface area contributed by atoms with Crippen LogP contribution >= 0.6 is 0 Å². The molecule has 0 spiro atoms. The van der Waals surface area contributed by atoms with E-state index < -0.39 is 17.8 Å². The lowest BCUT2D eigenvalue weighted by atomic mass is 9.91. The lowest BCUT2D eigenvalue weighted by Gasteiger charge is -2.28. The Labute approximate surface area is 139 Å². The summed E-state index contributed by atoms with van der Waals surface area (Å²) in [6.07, 6.45) is 3.35. The highest BCUT2D eigenvalue weighted by atomic mass is 16.6. The number of carbonyl (C=O) groups is 2. The number of ketones is 1. The fourth-order valence-corrected chi connectivity index (χ4v) is 2.68. The van der Waals surface area contributed by atoms with E-state index in [4.69, 9.17) is 9.47 Å². The van der Waals surface area contributed by atoms with Crippen molar-refractivity contribution in [1.29, 1.82) is 0 Å². The van der Waals surface area contributed by atoms with Gasteiger partial charge in [-0.3, -0.25) is 4.79 Å². The van der Waals surface area contributed by atoms with Gasteiger partial charge in [0, 0.05) is 5.92 Å². The number of alkyl carbamates (subject to hydrolysis) is 1. The van der Waals surface area contributed by atoms with Crippen molar-refractivity contribution in [2.75, 3.05) is 6.61 Å². The Hall–Kier alpha value is -1.36. The fourth-order valence-electron chi connectivity index (χ4n) is 2.68. The third-order valence-electron chi connectivity index (χ3n) is 3.88. The molecule has 5 heteroatoms. The lowest BCUT2D eigenvalue weighted by molar-refractivity contribution is -0.125. The highest BCUT2D eigenvalue weighted by Gasteiger charge is 2.39. The van der Waals surface area contributed by atoms with Crippen LogP contribution in [0.3, 0.4) is 0 Å². The Morgan fingerprint density at radius 2 is 2.17 bits per heavy atom. The Balaban J connectivity index is 2.74. The molecule has 0 aromatic carbocycles. The average molecular weight is 325 g/mol. The minimum atomic E-state index is -0.580. The summed E-state index contributed by atoms with van der Waals surface area (Å²) in [5.41, 5.74) is -0.572. The zero-order valence-electron chi connectivity index (χ0n) is 15.1. The minimum absolute atomic E-state index is 0.0574. The molecule has 1 rings (SSSR count). The number of rotatable bonds is 7. The molecule has 0 saturated carbocycles. The molecule has 3 unspecified atom stereocenters. The van der Waals surface area contributed by atoms with E-state index in [0.29, 0.717) is 18.9 Å². The third-order valence-corrected chi connectivity index (χ3v) is 3.88. The van der Waals surface area contributed by atoms with E-state index in [1.807, 2.05) is 33.8 Å². The van der Waals surface area contributed by atoms with Gasteiger partial charge in [-0.15, -0.1) is 6.58 Å². The number of hydrogen-bond acceptors (Lipinski definition) is 4. The maximum absolute atomic E-state index is 12.3. The summed E-state index contributed by atoms with van der Waals surface area (Å²) in [4.78, 5) is 24.4. The molecule has 4 atom stereocenters. The van der Waals surface area contributed by atoms with Crippen LogP contribution in [0.15, 0.2) is 12.7 Å². The van der Waals surface area contributed by atoms with E-state index in [-0.39, 0.29) is 17.7 Å². The van der Waals surface area contributed by atoms with Crippen LogP contribution in [-0.2, 0) is 14.3 Å². The van der Waals surface area contributed by atoms with Crippen LogP contribution in [0.25, 0.3) is 0 Å². The summed E-state index contributed by atoms with van der Waals surface area (Å²) in [7, 11) is 0. The second-order valence-corrected chi connectivity index (χ2v) is 7.52. The quantitative estimate of drug-likeness (QED) is 0.728. The molecule has 23 heavy (non-hydrogen) atoms. The summed E-state index contributed by atoms with van der Waals surface area (Å²) in [5, 5.41) is 2.84. The Morgan fingerprint density at radius 3 is 2.65 bits per heavy atom. The molecule has 1 aliphatic rings. The summed E-state index contributed by atoms with van der Waals surface area (Å²) < 4.78 is 11.0. The van der Waals surface area contributed by atoms with Crippen molar-refractivity contribution < 1.29 is 19.1 Å². The maximum atomic E-state index is 12.3. The van der Waals surface area contributed by atoms with Crippen molar-refractivity contribution in [3.63, 3.8) is 0 Å². The molecule has 0 aliphatic carbocycles. The first-order chi connectivity index (χ1) is 10.6. The van der Waals surface area contributed by atoms with Crippen molar-refractivity contribution >= 4 is 11.9 Å². The molecule has 1 aliphatic heterocycles. The molecule has 0 radical (unpaired) electrons. The minimum Gasteiger partial charge on any atom is -0.444 e. The van der Waals surface area contributed by atoms with Crippen molar-refractivity contribution in [3.8, 4) is 0 Å². The van der Waals surface area contributed by atoms with Gasteiger partial charge in [-0.05, 0) is 46.0 Å². The molecule has 0 bridgehead atoms. The molecule has 1 amide bonds. The smallest absolute Gasteiger partial charge is 0.407 e. The molecule has 1 heterocycles. The predicted octanol–water partition coefficient (Wildman–Crippen LogP) is 3.48. The molecular weight excluding hydrogens is 294 g/mol. The van der Waals surface area contributed by atoms with Gasteiger partial charge in [0.1, 0.15) is 11.7 Å². The lowest BCUT2D eigenvalue weighted by Crippen LogP contribution is -2.48. The SMILES string of the molecule is C=CCCC(C)C[C@@H](NC(=O)OC(C)(C)C)C1OCC(C)C1=O. The standard InChI is InChI=1S/C18H31NO4/c1-7-8-9-12(2)10-14(16-15(20)13(3)11-22-16)19-17(21)23-18(4,5)6/h7,12-14,16H,1,8-11H2,2-6H3,(H,19,21)/t12?,13?,14-,16?/m1/s1. The van der Waals surface area contributed by atoms with E-state index in [1.54, 1.807) is 0 Å². The summed E-state index contributed by atoms with van der Waals surface area (Å²) in [6, 6.07) is -0.359. The van der Waals surface area contributed by atoms with Gasteiger partial charge >= 0.3 is 6.09 Å². The largest absolute Gasteiger partial charge is 0.444 e. The van der Waals surface area contributed by atoms with Crippen LogP contribution in [0.2, 0.25) is 0 Å². The average Bonchev–Trinajstić information content (AvgIpc) is 2.74. The first-order valence-electron chi connectivity index (χ1n) is 8.39. The molecule has 0 aromatic heterocycles. The first kappa shape index (κ1) is 19.7. The molecule has 1 N–H and O–H groups in total. The number of allylic oxidation sites excluding steroid dienone is 1. The van der Waals surface area contributed by atoms with Crippen molar-refractivity contribution in [3.05, 3.63) is 12.7 Å². The number of hydrogen-bond donors (Lipinski definition) is 1. The fraction of sp³-hybridized carbons (Fsp3) is 0.778. The van der Waals surface area contributed by atoms with Gasteiger partial charge < -0.3 is 14.8 Å². The van der Waals surface area contributed by atoms with Gasteiger partial charge in [-0.2, -0.15) is 0 Å². The van der Waals surface area contributed by atoms with Crippen LogP contribution in [0.4, 0.5) is 4.79 Å². The van der Waals surface area contributed by atoms with Crippen LogP contribution in [0, 0.1) is 11.8 Å². The summed E-state index contributed by atoms with van der Waals surface area (Å²) >= 11 is 0. The van der Waals surface area contributed by atoms with Gasteiger partial charge in [0.2, 0.25) is 0 Å². The monoisotopic (exact) mass is 325 g/mol. The highest BCUT2D eigenvalue weighted by Crippen LogP contribution is 2.24. The zero-order valence-corrected chi connectivity index (χ0v) is 15.1. The van der Waals surface area contributed by atoms with Crippen LogP contribution in [0.5, 0.6) is 0 Å². The van der Waals surface area contributed by atoms with Gasteiger partial charge in [-0.1, -0.05) is 19.9 Å². The predicted molar refractivity (Wildman–Crippen MR) is 90.3 cm³/mol. The van der Waals surface area contributed by atoms with Gasteiger partial charge in [0.15, 0.2) is 5.78 Å². The van der Waals surface area contributed by atoms with Gasteiger partial charge in [-0.25, -0.2) is 4.79 Å². The van der Waals surface area contributed by atoms with Gasteiger partial charge in [0.05, 0.1) is 12.6 Å². The second-order valence-electron chi connectivity index (χ2n) is 7.52. The molecule has 1 fully saturated rings. The zero-order chi connectivity index (χ0) is 17.6. The number of amides is 1. The Kier molecular flexibility index (Phi) is 7.26. The number of Topliss-reactive ketones (excluding diaryl/α,β-unsaturated/α-hetero) is 1.